The molecule has 0 aliphatic rings. The lowest BCUT2D eigenvalue weighted by Crippen LogP contribution is -1.98. The van der Waals surface area contributed by atoms with E-state index in [1.54, 1.807) is 6.07 Å². The number of rotatable bonds is 3. The van der Waals surface area contributed by atoms with Gasteiger partial charge in [-0.15, -0.1) is 0 Å². The number of benzene rings is 2. The van der Waals surface area contributed by atoms with Crippen molar-refractivity contribution in [2.45, 2.75) is 6.61 Å². The van der Waals surface area contributed by atoms with Gasteiger partial charge in [0.25, 0.3) is 0 Å². The fraction of sp³-hybridized carbons (Fsp3) is 0.0769. The summed E-state index contributed by atoms with van der Waals surface area (Å²) in [6.45, 7) is -0.0320. The molecule has 0 N–H and O–H groups in total. The maximum Gasteiger partial charge on any atom is 0.166 e. The Morgan fingerprint density at radius 2 is 1.67 bits per heavy atom. The standard InChI is InChI=1S/C13H8BrF3O/c14-9-2-4-13(12(17)6-9)18-7-8-1-3-10(15)11(16)5-8/h1-6H,7H2. The SMILES string of the molecule is Fc1ccc(COc2ccc(Br)cc2F)cc1F. The molecule has 0 aromatic heterocycles. The Balaban J connectivity index is 2.09. The zero-order chi connectivity index (χ0) is 13.1. The first-order valence-corrected chi connectivity index (χ1v) is 5.87. The highest BCUT2D eigenvalue weighted by Crippen LogP contribution is 2.22. The van der Waals surface area contributed by atoms with Gasteiger partial charge in [-0.3, -0.25) is 0 Å². The molecule has 2 aromatic carbocycles. The quantitative estimate of drug-likeness (QED) is 0.813. The molecule has 0 saturated carbocycles. The van der Waals surface area contributed by atoms with Crippen LogP contribution in [0.1, 0.15) is 5.56 Å². The average molecular weight is 317 g/mol. The van der Waals surface area contributed by atoms with Gasteiger partial charge in [-0.05, 0) is 35.9 Å². The van der Waals surface area contributed by atoms with Crippen molar-refractivity contribution in [2.24, 2.45) is 0 Å². The Hall–Kier alpha value is -1.49. The highest BCUT2D eigenvalue weighted by Gasteiger charge is 2.06. The van der Waals surface area contributed by atoms with Crippen molar-refractivity contribution in [3.63, 3.8) is 0 Å². The average Bonchev–Trinajstić information content (AvgIpc) is 2.32. The summed E-state index contributed by atoms with van der Waals surface area (Å²) in [4.78, 5) is 0. The molecular weight excluding hydrogens is 309 g/mol. The fourth-order valence-corrected chi connectivity index (χ4v) is 1.72. The first-order chi connectivity index (χ1) is 8.56. The Kier molecular flexibility index (Phi) is 3.91. The second kappa shape index (κ2) is 5.44. The van der Waals surface area contributed by atoms with Gasteiger partial charge in [-0.25, -0.2) is 13.2 Å². The summed E-state index contributed by atoms with van der Waals surface area (Å²) in [5.74, 6) is -2.34. The van der Waals surface area contributed by atoms with Crippen LogP contribution in [0.4, 0.5) is 13.2 Å². The summed E-state index contributed by atoms with van der Waals surface area (Å²) in [5, 5.41) is 0. The van der Waals surface area contributed by atoms with Gasteiger partial charge in [0, 0.05) is 4.47 Å². The van der Waals surface area contributed by atoms with E-state index in [1.165, 1.54) is 18.2 Å². The molecule has 0 atom stereocenters. The third-order valence-corrected chi connectivity index (χ3v) is 2.77. The monoisotopic (exact) mass is 316 g/mol. The molecular formula is C13H8BrF3O. The van der Waals surface area contributed by atoms with Gasteiger partial charge in [-0.2, -0.15) is 0 Å². The van der Waals surface area contributed by atoms with E-state index in [0.29, 0.717) is 10.0 Å². The highest BCUT2D eigenvalue weighted by molar-refractivity contribution is 9.10. The number of hydrogen-bond acceptors (Lipinski definition) is 1. The van der Waals surface area contributed by atoms with Gasteiger partial charge >= 0.3 is 0 Å². The summed E-state index contributed by atoms with van der Waals surface area (Å²) in [7, 11) is 0. The van der Waals surface area contributed by atoms with E-state index in [1.807, 2.05) is 0 Å². The lowest BCUT2D eigenvalue weighted by atomic mass is 10.2. The molecule has 2 aromatic rings. The maximum absolute atomic E-state index is 13.4. The van der Waals surface area contributed by atoms with Gasteiger partial charge in [0.1, 0.15) is 6.61 Å². The number of ether oxygens (including phenoxy) is 1. The van der Waals surface area contributed by atoms with E-state index in [9.17, 15) is 13.2 Å². The van der Waals surface area contributed by atoms with Crippen molar-refractivity contribution in [2.75, 3.05) is 0 Å². The third kappa shape index (κ3) is 3.04. The van der Waals surface area contributed by atoms with Crippen molar-refractivity contribution in [1.29, 1.82) is 0 Å². The predicted molar refractivity (Wildman–Crippen MR) is 64.8 cm³/mol. The molecule has 94 valence electrons. The summed E-state index contributed by atoms with van der Waals surface area (Å²) >= 11 is 3.12. The molecule has 0 aliphatic carbocycles. The topological polar surface area (TPSA) is 9.23 Å². The molecule has 2 rings (SSSR count). The lowest BCUT2D eigenvalue weighted by molar-refractivity contribution is 0.289. The first kappa shape index (κ1) is 13.0. The Morgan fingerprint density at radius 1 is 0.889 bits per heavy atom. The van der Waals surface area contributed by atoms with E-state index in [4.69, 9.17) is 4.74 Å². The van der Waals surface area contributed by atoms with Crippen LogP contribution in [0, 0.1) is 17.5 Å². The Bertz CT molecular complexity index is 572. The Labute approximate surface area is 110 Å². The molecule has 0 heterocycles. The molecule has 1 nitrogen and oxygen atoms in total. The summed E-state index contributed by atoms with van der Waals surface area (Å²) < 4.78 is 44.8. The summed E-state index contributed by atoms with van der Waals surface area (Å²) in [6.07, 6.45) is 0. The largest absolute Gasteiger partial charge is 0.486 e. The molecule has 0 amide bonds. The second-order valence-corrected chi connectivity index (χ2v) is 4.53. The van der Waals surface area contributed by atoms with Gasteiger partial charge in [0.05, 0.1) is 0 Å². The van der Waals surface area contributed by atoms with Crippen LogP contribution in [-0.4, -0.2) is 0 Å². The zero-order valence-corrected chi connectivity index (χ0v) is 10.7. The van der Waals surface area contributed by atoms with Crippen LogP contribution in [0.15, 0.2) is 40.9 Å². The van der Waals surface area contributed by atoms with Crippen LogP contribution in [0.25, 0.3) is 0 Å². The van der Waals surface area contributed by atoms with E-state index in [0.717, 1.165) is 12.1 Å². The molecule has 0 aliphatic heterocycles. The van der Waals surface area contributed by atoms with Crippen LogP contribution < -0.4 is 4.74 Å². The van der Waals surface area contributed by atoms with E-state index < -0.39 is 17.5 Å². The minimum Gasteiger partial charge on any atom is -0.486 e. The van der Waals surface area contributed by atoms with Crippen LogP contribution in [0.5, 0.6) is 5.75 Å². The van der Waals surface area contributed by atoms with E-state index in [2.05, 4.69) is 15.9 Å². The van der Waals surface area contributed by atoms with Crippen molar-refractivity contribution >= 4 is 15.9 Å². The van der Waals surface area contributed by atoms with Crippen LogP contribution >= 0.6 is 15.9 Å². The second-order valence-electron chi connectivity index (χ2n) is 3.61. The van der Waals surface area contributed by atoms with Crippen molar-refractivity contribution in [3.05, 3.63) is 63.9 Å². The van der Waals surface area contributed by atoms with Crippen LogP contribution in [-0.2, 0) is 6.61 Å². The van der Waals surface area contributed by atoms with Gasteiger partial charge in [-0.1, -0.05) is 22.0 Å². The lowest BCUT2D eigenvalue weighted by Gasteiger charge is -2.07. The molecule has 5 heteroatoms. The summed E-state index contributed by atoms with van der Waals surface area (Å²) in [6, 6.07) is 7.76. The minimum atomic E-state index is -0.952. The smallest absolute Gasteiger partial charge is 0.166 e. The van der Waals surface area contributed by atoms with E-state index in [-0.39, 0.29) is 12.4 Å². The maximum atomic E-state index is 13.4. The number of hydrogen-bond donors (Lipinski definition) is 0. The number of halogens is 4. The molecule has 0 saturated heterocycles. The molecule has 0 unspecified atom stereocenters. The first-order valence-electron chi connectivity index (χ1n) is 5.08. The van der Waals surface area contributed by atoms with Crippen molar-refractivity contribution in [1.82, 2.24) is 0 Å². The van der Waals surface area contributed by atoms with E-state index >= 15 is 0 Å². The molecule has 0 bridgehead atoms. The molecule has 18 heavy (non-hydrogen) atoms. The van der Waals surface area contributed by atoms with Crippen LogP contribution in [0.2, 0.25) is 0 Å². The van der Waals surface area contributed by atoms with Crippen LogP contribution in [0.3, 0.4) is 0 Å². The minimum absolute atomic E-state index is 0.0320. The van der Waals surface area contributed by atoms with Crippen molar-refractivity contribution in [3.8, 4) is 5.75 Å². The molecule has 0 spiro atoms. The Morgan fingerprint density at radius 3 is 2.33 bits per heavy atom. The normalized spacial score (nSPS) is 10.4. The highest BCUT2D eigenvalue weighted by atomic mass is 79.9. The van der Waals surface area contributed by atoms with Gasteiger partial charge in [0.2, 0.25) is 0 Å². The van der Waals surface area contributed by atoms with Gasteiger partial charge < -0.3 is 4.74 Å². The van der Waals surface area contributed by atoms with Gasteiger partial charge in [0.15, 0.2) is 23.2 Å². The zero-order valence-electron chi connectivity index (χ0n) is 9.09. The fourth-order valence-electron chi connectivity index (χ4n) is 1.38. The molecule has 0 radical (unpaired) electrons. The summed E-state index contributed by atoms with van der Waals surface area (Å²) in [5.41, 5.74) is 0.427. The third-order valence-electron chi connectivity index (χ3n) is 2.27. The van der Waals surface area contributed by atoms with Crippen molar-refractivity contribution < 1.29 is 17.9 Å². The predicted octanol–water partition coefficient (Wildman–Crippen LogP) is 4.45. The molecule has 0 fully saturated rings.